The molecule has 2 heteroatoms. The molecule has 0 amide bonds. The molecule has 0 radical (unpaired) electrons. The van der Waals surface area contributed by atoms with Gasteiger partial charge < -0.3 is 11.1 Å². The molecule has 3 rings (SSSR count). The predicted octanol–water partition coefficient (Wildman–Crippen LogP) is 4.72. The van der Waals surface area contributed by atoms with Crippen LogP contribution in [0.25, 0.3) is 16.8 Å². The van der Waals surface area contributed by atoms with E-state index in [1.54, 1.807) is 6.08 Å². The maximum absolute atomic E-state index is 8.17. The summed E-state index contributed by atoms with van der Waals surface area (Å²) >= 11 is 0. The maximum atomic E-state index is 8.17. The summed E-state index contributed by atoms with van der Waals surface area (Å²) in [6, 6.07) is 27.9. The van der Waals surface area contributed by atoms with E-state index < -0.39 is 0 Å². The van der Waals surface area contributed by atoms with Crippen molar-refractivity contribution >= 4 is 11.4 Å². The molecule has 0 saturated carbocycles. The molecule has 3 N–H and O–H groups in total. The first-order chi connectivity index (χ1) is 11.2. The van der Waals surface area contributed by atoms with Gasteiger partial charge in [0.25, 0.3) is 0 Å². The van der Waals surface area contributed by atoms with Crippen LogP contribution in [0.3, 0.4) is 0 Å². The van der Waals surface area contributed by atoms with Gasteiger partial charge >= 0.3 is 0 Å². The number of nitrogens with two attached hydrogens (primary N) is 1. The van der Waals surface area contributed by atoms with Crippen molar-refractivity contribution in [3.8, 4) is 11.1 Å². The van der Waals surface area contributed by atoms with Gasteiger partial charge in [0, 0.05) is 5.70 Å². The zero-order chi connectivity index (χ0) is 16.1. The van der Waals surface area contributed by atoms with Crippen LogP contribution in [0.4, 0.5) is 0 Å². The second kappa shape index (κ2) is 6.75. The quantitative estimate of drug-likeness (QED) is 0.673. The average molecular weight is 298 g/mol. The molecule has 0 atom stereocenters. The van der Waals surface area contributed by atoms with E-state index in [1.165, 1.54) is 0 Å². The predicted molar refractivity (Wildman–Crippen MR) is 97.3 cm³/mol. The number of nitrogens with one attached hydrogen (secondary N) is 1. The van der Waals surface area contributed by atoms with Crippen molar-refractivity contribution in [3.05, 3.63) is 102 Å². The van der Waals surface area contributed by atoms with Crippen molar-refractivity contribution in [2.24, 2.45) is 5.73 Å². The smallest absolute Gasteiger partial charge is 0.0632 e. The van der Waals surface area contributed by atoms with Gasteiger partial charge in [-0.05, 0) is 34.4 Å². The monoisotopic (exact) mass is 298 g/mol. The molecule has 23 heavy (non-hydrogen) atoms. The molecule has 0 unspecified atom stereocenters. The Labute approximate surface area is 136 Å². The summed E-state index contributed by atoms with van der Waals surface area (Å²) < 4.78 is 0. The molecule has 112 valence electrons. The summed E-state index contributed by atoms with van der Waals surface area (Å²) in [4.78, 5) is 0. The molecule has 0 aromatic heterocycles. The lowest BCUT2D eigenvalue weighted by Crippen LogP contribution is -2.02. The standard InChI is InChI=1S/C21H18N2/c22-20(17-10-5-2-6-11-17)15-21(23)19-13-7-12-18(14-19)16-8-3-1-4-9-16/h1-15,22H,23H2/b21-15-,22-20?. The topological polar surface area (TPSA) is 49.9 Å². The fraction of sp³-hybridized carbons (Fsp3) is 0. The van der Waals surface area contributed by atoms with Crippen LogP contribution in [0.5, 0.6) is 0 Å². The van der Waals surface area contributed by atoms with Crippen LogP contribution in [0, 0.1) is 5.41 Å². The van der Waals surface area contributed by atoms with E-state index in [-0.39, 0.29) is 0 Å². The molecule has 0 spiro atoms. The summed E-state index contributed by atoms with van der Waals surface area (Å²) in [6.07, 6.45) is 1.71. The highest BCUT2D eigenvalue weighted by molar-refractivity contribution is 6.10. The van der Waals surface area contributed by atoms with Crippen LogP contribution in [0.2, 0.25) is 0 Å². The number of benzene rings is 3. The number of rotatable bonds is 4. The van der Waals surface area contributed by atoms with Gasteiger partial charge in [0.15, 0.2) is 0 Å². The van der Waals surface area contributed by atoms with Gasteiger partial charge in [-0.25, -0.2) is 0 Å². The SMILES string of the molecule is N=C(/C=C(\N)c1cccc(-c2ccccc2)c1)c1ccccc1. The normalized spacial score (nSPS) is 11.2. The fourth-order valence-corrected chi connectivity index (χ4v) is 2.45. The molecule has 2 nitrogen and oxygen atoms in total. The highest BCUT2D eigenvalue weighted by Crippen LogP contribution is 2.22. The summed E-state index contributed by atoms with van der Waals surface area (Å²) in [6.45, 7) is 0. The van der Waals surface area contributed by atoms with E-state index in [1.807, 2.05) is 60.7 Å². The summed E-state index contributed by atoms with van der Waals surface area (Å²) in [5.41, 5.74) is 11.3. The Morgan fingerprint density at radius 2 is 1.26 bits per heavy atom. The minimum Gasteiger partial charge on any atom is -0.398 e. The molecule has 0 fully saturated rings. The van der Waals surface area contributed by atoms with Crippen molar-refractivity contribution in [1.29, 1.82) is 5.41 Å². The van der Waals surface area contributed by atoms with Crippen LogP contribution in [-0.2, 0) is 0 Å². The third kappa shape index (κ3) is 3.55. The van der Waals surface area contributed by atoms with Crippen LogP contribution in [0.1, 0.15) is 11.1 Å². The van der Waals surface area contributed by atoms with Gasteiger partial charge in [-0.3, -0.25) is 0 Å². The largest absolute Gasteiger partial charge is 0.398 e. The number of allylic oxidation sites excluding steroid dienone is 1. The first-order valence-corrected chi connectivity index (χ1v) is 7.51. The van der Waals surface area contributed by atoms with Crippen molar-refractivity contribution in [2.75, 3.05) is 0 Å². The zero-order valence-electron chi connectivity index (χ0n) is 12.7. The molecule has 0 saturated heterocycles. The summed E-state index contributed by atoms with van der Waals surface area (Å²) in [5.74, 6) is 0. The Balaban J connectivity index is 1.90. The Morgan fingerprint density at radius 3 is 1.96 bits per heavy atom. The lowest BCUT2D eigenvalue weighted by Gasteiger charge is -2.07. The Hall–Kier alpha value is -3.13. The van der Waals surface area contributed by atoms with Gasteiger partial charge in [0.1, 0.15) is 0 Å². The molecule has 3 aromatic carbocycles. The number of hydrogen-bond donors (Lipinski definition) is 2. The van der Waals surface area contributed by atoms with Gasteiger partial charge in [0.05, 0.1) is 5.71 Å². The van der Waals surface area contributed by atoms with Crippen molar-refractivity contribution in [2.45, 2.75) is 0 Å². The lowest BCUT2D eigenvalue weighted by atomic mass is 10.0. The maximum Gasteiger partial charge on any atom is 0.0632 e. The molecule has 3 aromatic rings. The second-order valence-electron chi connectivity index (χ2n) is 5.33. The first-order valence-electron chi connectivity index (χ1n) is 7.51. The molecule has 0 aliphatic heterocycles. The van der Waals surface area contributed by atoms with E-state index in [0.717, 1.165) is 22.3 Å². The molecule has 0 aliphatic rings. The van der Waals surface area contributed by atoms with E-state index in [2.05, 4.69) is 24.3 Å². The fourth-order valence-electron chi connectivity index (χ4n) is 2.45. The van der Waals surface area contributed by atoms with Crippen LogP contribution >= 0.6 is 0 Å². The van der Waals surface area contributed by atoms with Crippen molar-refractivity contribution < 1.29 is 0 Å². The van der Waals surface area contributed by atoms with E-state index >= 15 is 0 Å². The lowest BCUT2D eigenvalue weighted by molar-refractivity contribution is 1.47. The van der Waals surface area contributed by atoms with Gasteiger partial charge in [0.2, 0.25) is 0 Å². The molecule has 0 heterocycles. The van der Waals surface area contributed by atoms with Gasteiger partial charge in [-0.2, -0.15) is 0 Å². The highest BCUT2D eigenvalue weighted by atomic mass is 14.6. The average Bonchev–Trinajstić information content (AvgIpc) is 2.63. The van der Waals surface area contributed by atoms with Crippen molar-refractivity contribution in [1.82, 2.24) is 0 Å². The van der Waals surface area contributed by atoms with Crippen LogP contribution in [0.15, 0.2) is 91.0 Å². The Bertz CT molecular complexity index is 834. The van der Waals surface area contributed by atoms with Crippen molar-refractivity contribution in [3.63, 3.8) is 0 Å². The minimum absolute atomic E-state index is 0.410. The molecular formula is C21H18N2. The molecular weight excluding hydrogens is 280 g/mol. The zero-order valence-corrected chi connectivity index (χ0v) is 12.7. The molecule has 0 aliphatic carbocycles. The van der Waals surface area contributed by atoms with Gasteiger partial charge in [-0.15, -0.1) is 0 Å². The van der Waals surface area contributed by atoms with E-state index in [9.17, 15) is 0 Å². The van der Waals surface area contributed by atoms with E-state index in [4.69, 9.17) is 11.1 Å². The first kappa shape index (κ1) is 14.8. The third-order valence-corrected chi connectivity index (χ3v) is 3.69. The summed E-state index contributed by atoms with van der Waals surface area (Å²) in [5, 5.41) is 8.17. The summed E-state index contributed by atoms with van der Waals surface area (Å²) in [7, 11) is 0. The second-order valence-corrected chi connectivity index (χ2v) is 5.33. The van der Waals surface area contributed by atoms with Crippen LogP contribution < -0.4 is 5.73 Å². The highest BCUT2D eigenvalue weighted by Gasteiger charge is 2.03. The Kier molecular flexibility index (Phi) is 4.34. The van der Waals surface area contributed by atoms with Gasteiger partial charge in [-0.1, -0.05) is 78.9 Å². The Morgan fingerprint density at radius 1 is 0.696 bits per heavy atom. The third-order valence-electron chi connectivity index (χ3n) is 3.69. The van der Waals surface area contributed by atoms with Crippen LogP contribution in [-0.4, -0.2) is 5.71 Å². The minimum atomic E-state index is 0.410. The molecule has 0 bridgehead atoms. The van der Waals surface area contributed by atoms with E-state index in [0.29, 0.717) is 11.4 Å². The number of hydrogen-bond acceptors (Lipinski definition) is 2.